The Hall–Kier alpha value is -1.53. The third-order valence-corrected chi connectivity index (χ3v) is 2.27. The van der Waals surface area contributed by atoms with Crippen molar-refractivity contribution < 1.29 is 13.3 Å². The molecule has 0 fully saturated rings. The predicted octanol–water partition coefficient (Wildman–Crippen LogP) is 0.975. The highest BCUT2D eigenvalue weighted by molar-refractivity contribution is 7.79. The second-order valence-corrected chi connectivity index (χ2v) is 3.45. The molecule has 0 aliphatic heterocycles. The second kappa shape index (κ2) is 3.69. The summed E-state index contributed by atoms with van der Waals surface area (Å²) in [5.74, 6) is 0.303. The minimum atomic E-state index is -2.24. The molecule has 1 unspecified atom stereocenters. The molecule has 5 nitrogen and oxygen atoms in total. The lowest BCUT2D eigenvalue weighted by molar-refractivity contribution is 0.430. The van der Waals surface area contributed by atoms with Gasteiger partial charge in [-0.1, -0.05) is 11.2 Å². The van der Waals surface area contributed by atoms with E-state index in [0.29, 0.717) is 11.5 Å². The van der Waals surface area contributed by atoms with Gasteiger partial charge in [-0.2, -0.15) is 4.98 Å². The number of hydrogen-bond acceptors (Lipinski definition) is 5. The zero-order valence-electron chi connectivity index (χ0n) is 6.91. The minimum Gasteiger partial charge on any atom is -0.768 e. The van der Waals surface area contributed by atoms with Gasteiger partial charge >= 0.3 is 0 Å². The number of benzene rings is 1. The van der Waals surface area contributed by atoms with Crippen LogP contribution < -0.4 is 0 Å². The zero-order chi connectivity index (χ0) is 9.97. The third kappa shape index (κ3) is 1.70. The highest BCUT2D eigenvalue weighted by atomic mass is 32.2. The first-order valence-electron chi connectivity index (χ1n) is 3.74. The summed E-state index contributed by atoms with van der Waals surface area (Å²) in [5, 5.41) is 3.43. The average Bonchev–Trinajstić information content (AvgIpc) is 2.71. The first kappa shape index (κ1) is 9.04. The normalized spacial score (nSPS) is 12.6. The second-order valence-electron chi connectivity index (χ2n) is 2.51. The Morgan fingerprint density at radius 3 is 2.93 bits per heavy atom. The van der Waals surface area contributed by atoms with Gasteiger partial charge in [-0.05, 0) is 29.3 Å². The van der Waals surface area contributed by atoms with Crippen LogP contribution in [0.2, 0.25) is 0 Å². The molecule has 14 heavy (non-hydrogen) atoms. The quantitative estimate of drug-likeness (QED) is 0.688. The Balaban J connectivity index is 2.46. The summed E-state index contributed by atoms with van der Waals surface area (Å²) >= 11 is -2.24. The molecule has 1 heterocycles. The molecule has 72 valence electrons. The maximum absolute atomic E-state index is 10.7. The standard InChI is InChI=1S/C8H6N2O3S/c11-14(12)7-3-1-2-6(4-7)8-9-5-10-13-8/h1-5H,(H,11,12)/p-1. The van der Waals surface area contributed by atoms with Crippen molar-refractivity contribution >= 4 is 11.1 Å². The molecule has 0 spiro atoms. The van der Waals surface area contributed by atoms with E-state index >= 15 is 0 Å². The van der Waals surface area contributed by atoms with Gasteiger partial charge in [0.05, 0.1) is 0 Å². The first-order valence-corrected chi connectivity index (χ1v) is 4.81. The summed E-state index contributed by atoms with van der Waals surface area (Å²) in [6.07, 6.45) is 1.26. The Labute approximate surface area is 82.1 Å². The van der Waals surface area contributed by atoms with Crippen LogP contribution in [0, 0.1) is 0 Å². The van der Waals surface area contributed by atoms with Crippen molar-refractivity contribution in [2.24, 2.45) is 0 Å². The lowest BCUT2D eigenvalue weighted by atomic mass is 10.2. The van der Waals surface area contributed by atoms with Crippen molar-refractivity contribution in [3.63, 3.8) is 0 Å². The van der Waals surface area contributed by atoms with Crippen LogP contribution in [0.5, 0.6) is 0 Å². The summed E-state index contributed by atoms with van der Waals surface area (Å²) < 4.78 is 26.1. The van der Waals surface area contributed by atoms with Crippen LogP contribution in [0.3, 0.4) is 0 Å². The van der Waals surface area contributed by atoms with Crippen molar-refractivity contribution in [3.05, 3.63) is 30.6 Å². The number of hydrogen-bond donors (Lipinski definition) is 0. The number of aromatic nitrogens is 2. The molecule has 1 aromatic carbocycles. The van der Waals surface area contributed by atoms with Crippen LogP contribution in [0.15, 0.2) is 40.0 Å². The Morgan fingerprint density at radius 1 is 1.43 bits per heavy atom. The monoisotopic (exact) mass is 209 g/mol. The summed E-state index contributed by atoms with van der Waals surface area (Å²) in [7, 11) is 0. The van der Waals surface area contributed by atoms with E-state index in [1.165, 1.54) is 18.5 Å². The van der Waals surface area contributed by atoms with Crippen LogP contribution in [-0.2, 0) is 11.1 Å². The number of rotatable bonds is 2. The van der Waals surface area contributed by atoms with Crippen molar-refractivity contribution in [3.8, 4) is 11.5 Å². The van der Waals surface area contributed by atoms with Crippen LogP contribution in [0.1, 0.15) is 0 Å². The fourth-order valence-corrected chi connectivity index (χ4v) is 1.45. The van der Waals surface area contributed by atoms with E-state index in [0.717, 1.165) is 0 Å². The van der Waals surface area contributed by atoms with Gasteiger partial charge in [-0.25, -0.2) is 0 Å². The Kier molecular flexibility index (Phi) is 2.38. The fourth-order valence-electron chi connectivity index (χ4n) is 1.03. The van der Waals surface area contributed by atoms with Crippen LogP contribution in [0.4, 0.5) is 0 Å². The average molecular weight is 209 g/mol. The molecule has 0 N–H and O–H groups in total. The van der Waals surface area contributed by atoms with Gasteiger partial charge in [0, 0.05) is 10.5 Å². The smallest absolute Gasteiger partial charge is 0.257 e. The summed E-state index contributed by atoms with van der Waals surface area (Å²) in [6, 6.07) is 6.27. The highest BCUT2D eigenvalue weighted by Gasteiger charge is 2.03. The Bertz CT molecular complexity index is 455. The zero-order valence-corrected chi connectivity index (χ0v) is 7.73. The topological polar surface area (TPSA) is 79.0 Å². The maximum Gasteiger partial charge on any atom is 0.257 e. The fraction of sp³-hybridized carbons (Fsp3) is 0. The highest BCUT2D eigenvalue weighted by Crippen LogP contribution is 2.18. The van der Waals surface area contributed by atoms with Crippen LogP contribution in [0.25, 0.3) is 11.5 Å². The van der Waals surface area contributed by atoms with E-state index in [4.69, 9.17) is 4.52 Å². The van der Waals surface area contributed by atoms with E-state index in [1.54, 1.807) is 12.1 Å². The van der Waals surface area contributed by atoms with Gasteiger partial charge in [-0.3, -0.25) is 4.21 Å². The lowest BCUT2D eigenvalue weighted by Crippen LogP contribution is -1.88. The molecule has 0 saturated heterocycles. The van der Waals surface area contributed by atoms with Crippen LogP contribution >= 0.6 is 0 Å². The first-order chi connectivity index (χ1) is 6.77. The molecular formula is C8H5N2O3S-. The molecule has 0 saturated carbocycles. The summed E-state index contributed by atoms with van der Waals surface area (Å²) in [5.41, 5.74) is 0.587. The third-order valence-electron chi connectivity index (χ3n) is 1.63. The van der Waals surface area contributed by atoms with Crippen molar-refractivity contribution in [2.75, 3.05) is 0 Å². The van der Waals surface area contributed by atoms with Gasteiger partial charge in [0.1, 0.15) is 0 Å². The summed E-state index contributed by atoms with van der Waals surface area (Å²) in [6.45, 7) is 0. The molecule has 0 amide bonds. The van der Waals surface area contributed by atoms with Gasteiger partial charge in [0.25, 0.3) is 5.89 Å². The molecule has 1 atom stereocenters. The van der Waals surface area contributed by atoms with Crippen molar-refractivity contribution in [1.82, 2.24) is 10.1 Å². The maximum atomic E-state index is 10.7. The lowest BCUT2D eigenvalue weighted by Gasteiger charge is -2.04. The van der Waals surface area contributed by atoms with E-state index in [1.807, 2.05) is 0 Å². The largest absolute Gasteiger partial charge is 0.768 e. The molecule has 0 bridgehead atoms. The van der Waals surface area contributed by atoms with E-state index in [9.17, 15) is 8.76 Å². The molecular weight excluding hydrogens is 204 g/mol. The van der Waals surface area contributed by atoms with Crippen molar-refractivity contribution in [1.29, 1.82) is 0 Å². The molecule has 2 aromatic rings. The van der Waals surface area contributed by atoms with Gasteiger partial charge in [0.15, 0.2) is 6.33 Å². The van der Waals surface area contributed by atoms with Gasteiger partial charge in [0.2, 0.25) is 0 Å². The predicted molar refractivity (Wildman–Crippen MR) is 46.9 cm³/mol. The van der Waals surface area contributed by atoms with Gasteiger partial charge < -0.3 is 9.08 Å². The molecule has 0 radical (unpaired) electrons. The molecule has 6 heteroatoms. The van der Waals surface area contributed by atoms with E-state index in [2.05, 4.69) is 10.1 Å². The van der Waals surface area contributed by atoms with E-state index in [-0.39, 0.29) is 4.90 Å². The summed E-state index contributed by atoms with van der Waals surface area (Å²) in [4.78, 5) is 4.00. The van der Waals surface area contributed by atoms with Gasteiger partial charge in [-0.15, -0.1) is 0 Å². The number of nitrogens with zero attached hydrogens (tertiary/aromatic N) is 2. The minimum absolute atomic E-state index is 0.195. The molecule has 1 aromatic heterocycles. The molecule has 0 aliphatic rings. The Morgan fingerprint density at radius 2 is 2.29 bits per heavy atom. The SMILES string of the molecule is O=S([O-])c1cccc(-c2ncno2)c1. The molecule has 0 aliphatic carbocycles. The van der Waals surface area contributed by atoms with E-state index < -0.39 is 11.1 Å². The van der Waals surface area contributed by atoms with Crippen molar-refractivity contribution in [2.45, 2.75) is 4.90 Å². The van der Waals surface area contributed by atoms with Crippen LogP contribution in [-0.4, -0.2) is 18.9 Å². The molecule has 2 rings (SSSR count).